The SMILES string of the molecule is COC(=O)c1ccn(NC(=O)c2ccccc2Cl)n1. The molecule has 0 unspecified atom stereocenters. The maximum atomic E-state index is 11.9. The van der Waals surface area contributed by atoms with Crippen LogP contribution in [0.5, 0.6) is 0 Å². The van der Waals surface area contributed by atoms with E-state index in [1.165, 1.54) is 19.4 Å². The fraction of sp³-hybridized carbons (Fsp3) is 0.0833. The third-order valence-corrected chi connectivity index (χ3v) is 2.65. The minimum absolute atomic E-state index is 0.0990. The summed E-state index contributed by atoms with van der Waals surface area (Å²) in [7, 11) is 1.25. The van der Waals surface area contributed by atoms with Crippen LogP contribution in [-0.4, -0.2) is 28.9 Å². The zero-order chi connectivity index (χ0) is 13.8. The second-order valence-corrected chi connectivity index (χ2v) is 3.97. The Labute approximate surface area is 113 Å². The molecule has 1 aromatic carbocycles. The van der Waals surface area contributed by atoms with Crippen LogP contribution in [0, 0.1) is 0 Å². The zero-order valence-corrected chi connectivity index (χ0v) is 10.7. The number of rotatable bonds is 3. The Hall–Kier alpha value is -2.34. The molecule has 0 radical (unpaired) electrons. The van der Waals surface area contributed by atoms with Crippen LogP contribution >= 0.6 is 11.6 Å². The molecule has 6 nitrogen and oxygen atoms in total. The number of amides is 1. The Morgan fingerprint density at radius 1 is 1.32 bits per heavy atom. The number of esters is 1. The van der Waals surface area contributed by atoms with E-state index in [1.54, 1.807) is 24.3 Å². The topological polar surface area (TPSA) is 73.2 Å². The number of benzene rings is 1. The molecule has 0 aliphatic rings. The van der Waals surface area contributed by atoms with Crippen molar-refractivity contribution in [1.29, 1.82) is 0 Å². The second-order valence-electron chi connectivity index (χ2n) is 3.56. The minimum atomic E-state index is -0.578. The predicted molar refractivity (Wildman–Crippen MR) is 68.7 cm³/mol. The quantitative estimate of drug-likeness (QED) is 0.868. The number of hydrogen-bond acceptors (Lipinski definition) is 4. The van der Waals surface area contributed by atoms with Gasteiger partial charge >= 0.3 is 5.97 Å². The van der Waals surface area contributed by atoms with E-state index < -0.39 is 11.9 Å². The van der Waals surface area contributed by atoms with Gasteiger partial charge in [-0.2, -0.15) is 4.79 Å². The summed E-state index contributed by atoms with van der Waals surface area (Å²) < 4.78 is 4.51. The van der Waals surface area contributed by atoms with Crippen molar-refractivity contribution in [1.82, 2.24) is 9.89 Å². The molecular formula is C12H10ClN3O3. The van der Waals surface area contributed by atoms with E-state index in [2.05, 4.69) is 15.3 Å². The van der Waals surface area contributed by atoms with E-state index in [4.69, 9.17) is 11.6 Å². The van der Waals surface area contributed by atoms with Gasteiger partial charge in [-0.05, 0) is 18.2 Å². The summed E-state index contributed by atoms with van der Waals surface area (Å²) in [6.07, 6.45) is 1.43. The van der Waals surface area contributed by atoms with Crippen molar-refractivity contribution in [2.24, 2.45) is 0 Å². The molecule has 0 spiro atoms. The number of nitrogens with one attached hydrogen (secondary N) is 1. The molecule has 0 saturated heterocycles. The molecule has 0 bridgehead atoms. The first-order valence-corrected chi connectivity index (χ1v) is 5.69. The Kier molecular flexibility index (Phi) is 3.82. The van der Waals surface area contributed by atoms with Gasteiger partial charge in [0.2, 0.25) is 0 Å². The van der Waals surface area contributed by atoms with E-state index in [1.807, 2.05) is 0 Å². The van der Waals surface area contributed by atoms with Crippen LogP contribution in [0.3, 0.4) is 0 Å². The van der Waals surface area contributed by atoms with Gasteiger partial charge in [-0.1, -0.05) is 23.7 Å². The first kappa shape index (κ1) is 13.1. The summed E-state index contributed by atoms with van der Waals surface area (Å²) >= 11 is 5.90. The number of halogens is 1. The third-order valence-electron chi connectivity index (χ3n) is 2.32. The molecule has 7 heteroatoms. The number of aromatic nitrogens is 2. The Morgan fingerprint density at radius 2 is 2.05 bits per heavy atom. The average Bonchev–Trinajstić information content (AvgIpc) is 2.86. The molecule has 1 aromatic heterocycles. The molecule has 2 rings (SSSR count). The van der Waals surface area contributed by atoms with Gasteiger partial charge < -0.3 is 4.74 Å². The summed E-state index contributed by atoms with van der Waals surface area (Å²) in [4.78, 5) is 24.2. The second kappa shape index (κ2) is 5.53. The van der Waals surface area contributed by atoms with Gasteiger partial charge in [-0.15, -0.1) is 5.10 Å². The van der Waals surface area contributed by atoms with Crippen LogP contribution in [0.1, 0.15) is 20.8 Å². The van der Waals surface area contributed by atoms with Gasteiger partial charge in [0.25, 0.3) is 5.91 Å². The number of carbonyl (C=O) groups is 2. The van der Waals surface area contributed by atoms with Crippen molar-refractivity contribution >= 4 is 23.5 Å². The van der Waals surface area contributed by atoms with Gasteiger partial charge in [0.15, 0.2) is 5.69 Å². The number of nitrogens with zero attached hydrogens (tertiary/aromatic N) is 2. The summed E-state index contributed by atoms with van der Waals surface area (Å²) in [5, 5.41) is 4.18. The van der Waals surface area contributed by atoms with Crippen LogP contribution in [0.4, 0.5) is 0 Å². The van der Waals surface area contributed by atoms with E-state index in [0.717, 1.165) is 4.79 Å². The first-order chi connectivity index (χ1) is 9.11. The maximum absolute atomic E-state index is 11.9. The van der Waals surface area contributed by atoms with E-state index in [9.17, 15) is 9.59 Å². The highest BCUT2D eigenvalue weighted by Crippen LogP contribution is 2.14. The molecule has 1 amide bonds. The minimum Gasteiger partial charge on any atom is -0.464 e. The van der Waals surface area contributed by atoms with Gasteiger partial charge in [0.1, 0.15) is 0 Å². The Bertz CT molecular complexity index is 624. The van der Waals surface area contributed by atoms with Crippen LogP contribution in [0.15, 0.2) is 36.5 Å². The summed E-state index contributed by atoms with van der Waals surface area (Å²) in [6.45, 7) is 0. The van der Waals surface area contributed by atoms with Crippen LogP contribution in [-0.2, 0) is 4.74 Å². The zero-order valence-electron chi connectivity index (χ0n) is 9.96. The van der Waals surface area contributed by atoms with Gasteiger partial charge in [-0.3, -0.25) is 4.79 Å². The van der Waals surface area contributed by atoms with Crippen molar-refractivity contribution in [2.75, 3.05) is 12.5 Å². The summed E-state index contributed by atoms with van der Waals surface area (Å²) in [5.41, 5.74) is 2.89. The fourth-order valence-corrected chi connectivity index (χ4v) is 1.63. The molecule has 0 saturated carbocycles. The molecule has 0 aliphatic heterocycles. The van der Waals surface area contributed by atoms with Crippen LogP contribution < -0.4 is 5.43 Å². The lowest BCUT2D eigenvalue weighted by Gasteiger charge is -2.05. The largest absolute Gasteiger partial charge is 0.464 e. The maximum Gasteiger partial charge on any atom is 0.358 e. The van der Waals surface area contributed by atoms with Crippen molar-refractivity contribution in [3.8, 4) is 0 Å². The molecule has 98 valence electrons. The highest BCUT2D eigenvalue weighted by atomic mass is 35.5. The number of carbonyl (C=O) groups excluding carboxylic acids is 2. The number of methoxy groups -OCH3 is 1. The lowest BCUT2D eigenvalue weighted by Crippen LogP contribution is -2.24. The summed E-state index contributed by atoms with van der Waals surface area (Å²) in [6, 6.07) is 8.05. The number of hydrogen-bond donors (Lipinski definition) is 1. The molecule has 0 fully saturated rings. The molecule has 0 aliphatic carbocycles. The van der Waals surface area contributed by atoms with Crippen LogP contribution in [0.2, 0.25) is 5.02 Å². The monoisotopic (exact) mass is 279 g/mol. The highest BCUT2D eigenvalue weighted by Gasteiger charge is 2.12. The highest BCUT2D eigenvalue weighted by molar-refractivity contribution is 6.34. The normalized spacial score (nSPS) is 10.0. The van der Waals surface area contributed by atoms with Crippen molar-refractivity contribution < 1.29 is 14.3 Å². The Balaban J connectivity index is 2.14. The van der Waals surface area contributed by atoms with Crippen molar-refractivity contribution in [3.63, 3.8) is 0 Å². The van der Waals surface area contributed by atoms with Gasteiger partial charge in [0, 0.05) is 6.20 Å². The molecule has 1 N–H and O–H groups in total. The lowest BCUT2D eigenvalue weighted by atomic mass is 10.2. The molecule has 0 atom stereocenters. The Morgan fingerprint density at radius 3 is 2.74 bits per heavy atom. The van der Waals surface area contributed by atoms with Crippen molar-refractivity contribution in [2.45, 2.75) is 0 Å². The van der Waals surface area contributed by atoms with Crippen molar-refractivity contribution in [3.05, 3.63) is 52.8 Å². The molecule has 1 heterocycles. The number of ether oxygens (including phenoxy) is 1. The van der Waals surface area contributed by atoms with Gasteiger partial charge in [0.05, 0.1) is 17.7 Å². The summed E-state index contributed by atoms with van der Waals surface area (Å²) in [5.74, 6) is -1.00. The van der Waals surface area contributed by atoms with E-state index in [0.29, 0.717) is 10.6 Å². The first-order valence-electron chi connectivity index (χ1n) is 5.31. The average molecular weight is 280 g/mol. The lowest BCUT2D eigenvalue weighted by molar-refractivity contribution is 0.0592. The standard InChI is InChI=1S/C12H10ClN3O3/c1-19-12(18)10-6-7-16(14-10)15-11(17)8-4-2-3-5-9(8)13/h2-7H,1H3,(H,15,17). The van der Waals surface area contributed by atoms with Gasteiger partial charge in [-0.25, -0.2) is 10.2 Å². The molecular weight excluding hydrogens is 270 g/mol. The predicted octanol–water partition coefficient (Wildman–Crippen LogP) is 1.71. The fourth-order valence-electron chi connectivity index (χ4n) is 1.41. The smallest absolute Gasteiger partial charge is 0.358 e. The molecule has 2 aromatic rings. The van der Waals surface area contributed by atoms with E-state index in [-0.39, 0.29) is 5.69 Å². The van der Waals surface area contributed by atoms with Crippen LogP contribution in [0.25, 0.3) is 0 Å². The molecule has 19 heavy (non-hydrogen) atoms. The van der Waals surface area contributed by atoms with E-state index >= 15 is 0 Å². The third kappa shape index (κ3) is 2.92.